The third kappa shape index (κ3) is 2.33. The monoisotopic (exact) mass is 271 g/mol. The molecule has 104 valence electrons. The molecule has 1 aliphatic carbocycles. The van der Waals surface area contributed by atoms with Gasteiger partial charge in [0.05, 0.1) is 18.4 Å². The van der Waals surface area contributed by atoms with Crippen LogP contribution >= 0.6 is 0 Å². The molecule has 2 amide bonds. The molecule has 0 N–H and O–H groups in total. The summed E-state index contributed by atoms with van der Waals surface area (Å²) in [6, 6.07) is 9.41. The number of imide groups is 1. The Kier molecular flexibility index (Phi) is 3.54. The zero-order valence-electron chi connectivity index (χ0n) is 11.2. The van der Waals surface area contributed by atoms with E-state index in [0.29, 0.717) is 26.0 Å². The predicted octanol–water partition coefficient (Wildman–Crippen LogP) is 2.02. The van der Waals surface area contributed by atoms with Gasteiger partial charge in [-0.25, -0.2) is 0 Å². The minimum atomic E-state index is -0.149. The molecule has 0 radical (unpaired) electrons. The zero-order valence-corrected chi connectivity index (χ0v) is 11.2. The first-order valence-corrected chi connectivity index (χ1v) is 6.95. The van der Waals surface area contributed by atoms with Crippen LogP contribution in [0.2, 0.25) is 0 Å². The smallest absolute Gasteiger partial charge is 0.233 e. The topological polar surface area (TPSA) is 46.6 Å². The van der Waals surface area contributed by atoms with Gasteiger partial charge >= 0.3 is 0 Å². The van der Waals surface area contributed by atoms with E-state index in [1.807, 2.05) is 42.5 Å². The van der Waals surface area contributed by atoms with Crippen molar-refractivity contribution in [1.82, 2.24) is 4.90 Å². The van der Waals surface area contributed by atoms with Crippen LogP contribution < -0.4 is 4.74 Å². The van der Waals surface area contributed by atoms with E-state index in [-0.39, 0.29) is 23.7 Å². The van der Waals surface area contributed by atoms with Gasteiger partial charge in [-0.15, -0.1) is 0 Å². The Morgan fingerprint density at radius 1 is 1.00 bits per heavy atom. The Balaban J connectivity index is 1.58. The molecule has 4 nitrogen and oxygen atoms in total. The number of carbonyl (C=O) groups is 2. The van der Waals surface area contributed by atoms with Crippen molar-refractivity contribution < 1.29 is 14.3 Å². The van der Waals surface area contributed by atoms with Crippen molar-refractivity contribution in [2.45, 2.75) is 12.8 Å². The number of para-hydroxylation sites is 1. The van der Waals surface area contributed by atoms with E-state index in [9.17, 15) is 9.59 Å². The molecule has 1 aromatic rings. The summed E-state index contributed by atoms with van der Waals surface area (Å²) in [5.41, 5.74) is 0. The van der Waals surface area contributed by atoms with Crippen LogP contribution in [0.15, 0.2) is 42.5 Å². The number of likely N-dealkylation sites (tertiary alicyclic amines) is 1. The fraction of sp³-hybridized carbons (Fsp3) is 0.375. The van der Waals surface area contributed by atoms with Crippen LogP contribution in [0.4, 0.5) is 0 Å². The Bertz CT molecular complexity index is 512. The number of amides is 2. The van der Waals surface area contributed by atoms with E-state index < -0.39 is 0 Å². The van der Waals surface area contributed by atoms with Gasteiger partial charge in [0.25, 0.3) is 0 Å². The molecule has 0 spiro atoms. The fourth-order valence-corrected chi connectivity index (χ4v) is 2.86. The standard InChI is InChI=1S/C16H17NO3/c18-15-13-8-4-5-9-14(13)16(19)17(15)10-11-20-12-6-2-1-3-7-12/h1-7,13-14H,8-11H2. The van der Waals surface area contributed by atoms with Gasteiger partial charge in [-0.2, -0.15) is 0 Å². The van der Waals surface area contributed by atoms with Crippen LogP contribution in [0.25, 0.3) is 0 Å². The molecule has 0 aromatic heterocycles. The Morgan fingerprint density at radius 3 is 2.20 bits per heavy atom. The summed E-state index contributed by atoms with van der Waals surface area (Å²) in [5, 5.41) is 0. The van der Waals surface area contributed by atoms with Crippen LogP contribution in [0.1, 0.15) is 12.8 Å². The summed E-state index contributed by atoms with van der Waals surface area (Å²) in [5.74, 6) is 0.376. The van der Waals surface area contributed by atoms with Crippen molar-refractivity contribution in [2.24, 2.45) is 11.8 Å². The van der Waals surface area contributed by atoms with E-state index >= 15 is 0 Å². The molecule has 0 saturated carbocycles. The van der Waals surface area contributed by atoms with Crippen LogP contribution in [-0.4, -0.2) is 29.9 Å². The number of hydrogen-bond acceptors (Lipinski definition) is 3. The maximum Gasteiger partial charge on any atom is 0.233 e. The molecule has 3 rings (SSSR count). The average Bonchev–Trinajstić information content (AvgIpc) is 2.74. The highest BCUT2D eigenvalue weighted by Crippen LogP contribution is 2.34. The lowest BCUT2D eigenvalue weighted by molar-refractivity contribution is -0.140. The van der Waals surface area contributed by atoms with E-state index in [4.69, 9.17) is 4.74 Å². The Hall–Kier alpha value is -2.10. The highest BCUT2D eigenvalue weighted by atomic mass is 16.5. The van der Waals surface area contributed by atoms with Gasteiger partial charge < -0.3 is 4.74 Å². The van der Waals surface area contributed by atoms with Crippen molar-refractivity contribution in [2.75, 3.05) is 13.2 Å². The molecule has 4 heteroatoms. The number of fused-ring (bicyclic) bond motifs is 1. The lowest BCUT2D eigenvalue weighted by Crippen LogP contribution is -2.34. The minimum absolute atomic E-state index is 0.0407. The third-order valence-electron chi connectivity index (χ3n) is 3.93. The van der Waals surface area contributed by atoms with E-state index in [2.05, 4.69) is 0 Å². The van der Waals surface area contributed by atoms with Crippen LogP contribution in [0.3, 0.4) is 0 Å². The summed E-state index contributed by atoms with van der Waals surface area (Å²) in [7, 11) is 0. The zero-order chi connectivity index (χ0) is 13.9. The maximum absolute atomic E-state index is 12.2. The maximum atomic E-state index is 12.2. The molecule has 2 atom stereocenters. The molecule has 1 saturated heterocycles. The van der Waals surface area contributed by atoms with Gasteiger partial charge in [-0.3, -0.25) is 14.5 Å². The Morgan fingerprint density at radius 2 is 1.60 bits per heavy atom. The van der Waals surface area contributed by atoms with Gasteiger partial charge in [0.2, 0.25) is 11.8 Å². The molecule has 0 bridgehead atoms. The first-order valence-electron chi connectivity index (χ1n) is 6.95. The summed E-state index contributed by atoms with van der Waals surface area (Å²) >= 11 is 0. The lowest BCUT2D eigenvalue weighted by atomic mass is 9.85. The molecule has 2 unspecified atom stereocenters. The van der Waals surface area contributed by atoms with Crippen LogP contribution in [0, 0.1) is 11.8 Å². The van der Waals surface area contributed by atoms with Gasteiger partial charge in [0.15, 0.2) is 0 Å². The van der Waals surface area contributed by atoms with Crippen molar-refractivity contribution >= 4 is 11.8 Å². The van der Waals surface area contributed by atoms with Gasteiger partial charge in [0, 0.05) is 0 Å². The van der Waals surface area contributed by atoms with Crippen LogP contribution in [-0.2, 0) is 9.59 Å². The number of benzene rings is 1. The Labute approximate surface area is 118 Å². The van der Waals surface area contributed by atoms with Gasteiger partial charge in [-0.1, -0.05) is 30.4 Å². The second-order valence-corrected chi connectivity index (χ2v) is 5.15. The summed E-state index contributed by atoms with van der Waals surface area (Å²) in [6.07, 6.45) is 5.36. The van der Waals surface area contributed by atoms with Gasteiger partial charge in [0.1, 0.15) is 12.4 Å². The largest absolute Gasteiger partial charge is 0.492 e. The second kappa shape index (κ2) is 5.49. The van der Waals surface area contributed by atoms with Crippen LogP contribution in [0.5, 0.6) is 5.75 Å². The molecular weight excluding hydrogens is 254 g/mol. The van der Waals surface area contributed by atoms with E-state index in [1.54, 1.807) is 0 Å². The number of nitrogens with zero attached hydrogens (tertiary/aromatic N) is 1. The minimum Gasteiger partial charge on any atom is -0.492 e. The number of allylic oxidation sites excluding steroid dienone is 2. The molecule has 1 aromatic carbocycles. The quantitative estimate of drug-likeness (QED) is 0.621. The fourth-order valence-electron chi connectivity index (χ4n) is 2.86. The van der Waals surface area contributed by atoms with Crippen molar-refractivity contribution in [1.29, 1.82) is 0 Å². The molecule has 2 aliphatic rings. The highest BCUT2D eigenvalue weighted by molar-refractivity contribution is 6.05. The molecule has 1 fully saturated rings. The number of hydrogen-bond donors (Lipinski definition) is 0. The van der Waals surface area contributed by atoms with Gasteiger partial charge in [-0.05, 0) is 25.0 Å². The van der Waals surface area contributed by atoms with Crippen molar-refractivity contribution in [3.63, 3.8) is 0 Å². The number of rotatable bonds is 4. The molecule has 20 heavy (non-hydrogen) atoms. The average molecular weight is 271 g/mol. The van der Waals surface area contributed by atoms with E-state index in [1.165, 1.54) is 4.90 Å². The summed E-state index contributed by atoms with van der Waals surface area (Å²) < 4.78 is 5.56. The highest BCUT2D eigenvalue weighted by Gasteiger charge is 2.46. The summed E-state index contributed by atoms with van der Waals surface area (Å²) in [4.78, 5) is 25.8. The van der Waals surface area contributed by atoms with Crippen molar-refractivity contribution in [3.8, 4) is 5.75 Å². The SMILES string of the molecule is O=C1C2CC=CCC2C(=O)N1CCOc1ccccc1. The normalized spacial score (nSPS) is 24.9. The lowest BCUT2D eigenvalue weighted by Gasteiger charge is -2.15. The first kappa shape index (κ1) is 12.9. The number of ether oxygens (including phenoxy) is 1. The first-order chi connectivity index (χ1) is 9.77. The number of carbonyl (C=O) groups excluding carboxylic acids is 2. The molecule has 1 heterocycles. The van der Waals surface area contributed by atoms with E-state index in [0.717, 1.165) is 5.75 Å². The third-order valence-corrected chi connectivity index (χ3v) is 3.93. The summed E-state index contributed by atoms with van der Waals surface area (Å²) in [6.45, 7) is 0.675. The second-order valence-electron chi connectivity index (χ2n) is 5.15. The van der Waals surface area contributed by atoms with Crippen molar-refractivity contribution in [3.05, 3.63) is 42.5 Å². The molecule has 1 aliphatic heterocycles. The predicted molar refractivity (Wildman–Crippen MR) is 74.0 cm³/mol. The molecular formula is C16H17NO3.